The Morgan fingerprint density at radius 1 is 0.844 bits per heavy atom. The second kappa shape index (κ2) is 14.5. The standard InChI is InChI=1S/C32H40FN3O8S/c1-21(31(38)34-32(2,3)4)35(19-22-9-11-23(33)12-10-22)30(37)20-36(26-17-24(41-5)13-15-27(26)42-6)45(39,40)25-14-16-28(43-7)29(18-25)44-8/h9-18,21H,19-20H2,1-8H3,(H,34,38)/t21-/m1/s1. The number of hydrogen-bond acceptors (Lipinski definition) is 8. The Balaban J connectivity index is 2.17. The predicted molar refractivity (Wildman–Crippen MR) is 168 cm³/mol. The highest BCUT2D eigenvalue weighted by molar-refractivity contribution is 7.92. The van der Waals surface area contributed by atoms with Gasteiger partial charge in [0.15, 0.2) is 11.5 Å². The van der Waals surface area contributed by atoms with Crippen LogP contribution in [0.1, 0.15) is 33.3 Å². The Labute approximate surface area is 263 Å². The number of ether oxygens (including phenoxy) is 4. The molecule has 45 heavy (non-hydrogen) atoms. The summed E-state index contributed by atoms with van der Waals surface area (Å²) >= 11 is 0. The van der Waals surface area contributed by atoms with Crippen molar-refractivity contribution in [1.29, 1.82) is 0 Å². The second-order valence-corrected chi connectivity index (χ2v) is 13.0. The number of anilines is 1. The molecule has 0 aliphatic heterocycles. The van der Waals surface area contributed by atoms with E-state index in [2.05, 4.69) is 5.32 Å². The molecule has 13 heteroatoms. The molecule has 0 radical (unpaired) electrons. The van der Waals surface area contributed by atoms with Crippen molar-refractivity contribution >= 4 is 27.5 Å². The van der Waals surface area contributed by atoms with E-state index in [-0.39, 0.29) is 28.6 Å². The van der Waals surface area contributed by atoms with Crippen LogP contribution in [0.5, 0.6) is 23.0 Å². The van der Waals surface area contributed by atoms with Gasteiger partial charge in [0, 0.05) is 24.2 Å². The normalized spacial score (nSPS) is 12.1. The largest absolute Gasteiger partial charge is 0.497 e. The first-order valence-corrected chi connectivity index (χ1v) is 15.4. The maximum atomic E-state index is 14.4. The molecule has 3 aromatic carbocycles. The number of hydrogen-bond donors (Lipinski definition) is 1. The number of amides is 2. The average molecular weight is 646 g/mol. The van der Waals surface area contributed by atoms with Gasteiger partial charge >= 0.3 is 0 Å². The van der Waals surface area contributed by atoms with Crippen molar-refractivity contribution in [3.63, 3.8) is 0 Å². The Morgan fingerprint density at radius 2 is 1.44 bits per heavy atom. The lowest BCUT2D eigenvalue weighted by Gasteiger charge is -2.33. The molecule has 0 saturated carbocycles. The Morgan fingerprint density at radius 3 is 2.00 bits per heavy atom. The molecular formula is C32H40FN3O8S. The first kappa shape index (κ1) is 35.0. The molecule has 0 bridgehead atoms. The van der Waals surface area contributed by atoms with Crippen LogP contribution in [0.25, 0.3) is 0 Å². The van der Waals surface area contributed by atoms with Crippen molar-refractivity contribution in [1.82, 2.24) is 10.2 Å². The third-order valence-corrected chi connectivity index (χ3v) is 8.56. The van der Waals surface area contributed by atoms with Crippen LogP contribution in [0.2, 0.25) is 0 Å². The molecule has 0 fully saturated rings. The quantitative estimate of drug-likeness (QED) is 0.291. The van der Waals surface area contributed by atoms with Gasteiger partial charge in [0.25, 0.3) is 10.0 Å². The first-order chi connectivity index (χ1) is 21.1. The molecule has 1 N–H and O–H groups in total. The minimum Gasteiger partial charge on any atom is -0.497 e. The van der Waals surface area contributed by atoms with Gasteiger partial charge in [0.2, 0.25) is 11.8 Å². The van der Waals surface area contributed by atoms with Crippen molar-refractivity contribution in [3.8, 4) is 23.0 Å². The lowest BCUT2D eigenvalue weighted by Crippen LogP contribution is -2.54. The van der Waals surface area contributed by atoms with Crippen LogP contribution in [0, 0.1) is 5.82 Å². The van der Waals surface area contributed by atoms with Crippen LogP contribution in [0.15, 0.2) is 65.6 Å². The Bertz CT molecular complexity index is 1610. The highest BCUT2D eigenvalue weighted by atomic mass is 32.2. The summed E-state index contributed by atoms with van der Waals surface area (Å²) in [4.78, 5) is 28.5. The summed E-state index contributed by atoms with van der Waals surface area (Å²) in [6.07, 6.45) is 0. The fourth-order valence-corrected chi connectivity index (χ4v) is 5.88. The Hall–Kier alpha value is -4.52. The maximum Gasteiger partial charge on any atom is 0.265 e. The molecule has 0 unspecified atom stereocenters. The van der Waals surface area contributed by atoms with Crippen molar-refractivity contribution in [2.24, 2.45) is 0 Å². The minimum absolute atomic E-state index is 0.0218. The second-order valence-electron chi connectivity index (χ2n) is 11.1. The number of sulfonamides is 1. The van der Waals surface area contributed by atoms with Crippen molar-refractivity contribution in [3.05, 3.63) is 72.0 Å². The molecule has 0 aliphatic rings. The van der Waals surface area contributed by atoms with Crippen LogP contribution in [0.3, 0.4) is 0 Å². The molecule has 0 aromatic heterocycles. The summed E-state index contributed by atoms with van der Waals surface area (Å²) in [6.45, 7) is 6.12. The molecule has 3 rings (SSSR count). The smallest absolute Gasteiger partial charge is 0.265 e. The van der Waals surface area contributed by atoms with Crippen molar-refractivity contribution in [2.75, 3.05) is 39.3 Å². The van der Waals surface area contributed by atoms with Crippen LogP contribution in [-0.4, -0.2) is 71.7 Å². The molecular weight excluding hydrogens is 605 g/mol. The summed E-state index contributed by atoms with van der Waals surface area (Å²) < 4.78 is 64.7. The zero-order valence-corrected chi connectivity index (χ0v) is 27.5. The number of methoxy groups -OCH3 is 4. The van der Waals surface area contributed by atoms with E-state index in [1.807, 2.05) is 0 Å². The number of benzene rings is 3. The molecule has 11 nitrogen and oxygen atoms in total. The molecule has 3 aromatic rings. The van der Waals surface area contributed by atoms with E-state index in [4.69, 9.17) is 18.9 Å². The topological polar surface area (TPSA) is 124 Å². The number of nitrogens with one attached hydrogen (secondary N) is 1. The van der Waals surface area contributed by atoms with Gasteiger partial charge in [-0.3, -0.25) is 13.9 Å². The van der Waals surface area contributed by atoms with Crippen LogP contribution >= 0.6 is 0 Å². The number of rotatable bonds is 13. The van der Waals surface area contributed by atoms with E-state index in [0.717, 1.165) is 4.31 Å². The molecule has 2 amide bonds. The molecule has 1 atom stereocenters. The van der Waals surface area contributed by atoms with Crippen LogP contribution in [0.4, 0.5) is 10.1 Å². The van der Waals surface area contributed by atoms with E-state index in [1.54, 1.807) is 33.8 Å². The lowest BCUT2D eigenvalue weighted by atomic mass is 10.1. The zero-order valence-electron chi connectivity index (χ0n) is 26.7. The van der Waals surface area contributed by atoms with E-state index in [1.165, 1.54) is 87.9 Å². The van der Waals surface area contributed by atoms with Crippen molar-refractivity contribution < 1.29 is 41.3 Å². The van der Waals surface area contributed by atoms with Crippen LogP contribution in [-0.2, 0) is 26.2 Å². The average Bonchev–Trinajstić information content (AvgIpc) is 3.01. The Kier molecular flexibility index (Phi) is 11.3. The monoisotopic (exact) mass is 645 g/mol. The molecule has 0 spiro atoms. The van der Waals surface area contributed by atoms with E-state index in [0.29, 0.717) is 17.1 Å². The van der Waals surface area contributed by atoms with E-state index < -0.39 is 45.8 Å². The van der Waals surface area contributed by atoms with Gasteiger partial charge in [-0.15, -0.1) is 0 Å². The van der Waals surface area contributed by atoms with Gasteiger partial charge in [0.05, 0.1) is 39.0 Å². The van der Waals surface area contributed by atoms with Gasteiger partial charge < -0.3 is 29.2 Å². The van der Waals surface area contributed by atoms with Gasteiger partial charge in [-0.25, -0.2) is 12.8 Å². The van der Waals surface area contributed by atoms with Gasteiger partial charge in [-0.05, 0) is 69.7 Å². The zero-order chi connectivity index (χ0) is 33.5. The number of carbonyl (C=O) groups is 2. The summed E-state index contributed by atoms with van der Waals surface area (Å²) in [7, 11) is 1.10. The molecule has 0 saturated heterocycles. The summed E-state index contributed by atoms with van der Waals surface area (Å²) in [5.74, 6) is -0.693. The van der Waals surface area contributed by atoms with E-state index in [9.17, 15) is 22.4 Å². The summed E-state index contributed by atoms with van der Waals surface area (Å²) in [5.41, 5.74) is -0.0471. The van der Waals surface area contributed by atoms with Gasteiger partial charge in [0.1, 0.15) is 29.9 Å². The number of halogens is 1. The van der Waals surface area contributed by atoms with E-state index >= 15 is 0 Å². The number of nitrogens with zero attached hydrogens (tertiary/aromatic N) is 2. The first-order valence-electron chi connectivity index (χ1n) is 14.0. The lowest BCUT2D eigenvalue weighted by molar-refractivity contribution is -0.140. The minimum atomic E-state index is -4.49. The van der Waals surface area contributed by atoms with Crippen LogP contribution < -0.4 is 28.6 Å². The third kappa shape index (κ3) is 8.56. The van der Waals surface area contributed by atoms with Crippen molar-refractivity contribution in [2.45, 2.75) is 50.7 Å². The molecule has 0 aliphatic carbocycles. The van der Waals surface area contributed by atoms with Gasteiger partial charge in [-0.2, -0.15) is 0 Å². The highest BCUT2D eigenvalue weighted by Crippen LogP contribution is 2.37. The molecule has 244 valence electrons. The predicted octanol–water partition coefficient (Wildman–Crippen LogP) is 4.39. The fourth-order valence-electron chi connectivity index (χ4n) is 4.45. The highest BCUT2D eigenvalue weighted by Gasteiger charge is 2.35. The number of carbonyl (C=O) groups excluding carboxylic acids is 2. The fraction of sp³-hybridized carbons (Fsp3) is 0.375. The summed E-state index contributed by atoms with van der Waals surface area (Å²) in [5, 5.41) is 2.86. The third-order valence-electron chi connectivity index (χ3n) is 6.81. The maximum absolute atomic E-state index is 14.4. The summed E-state index contributed by atoms with van der Waals surface area (Å²) in [6, 6.07) is 13.0. The molecule has 0 heterocycles. The SMILES string of the molecule is COc1ccc(OC)c(N(CC(=O)N(Cc2ccc(F)cc2)[C@H](C)C(=O)NC(C)(C)C)S(=O)(=O)c2ccc(OC)c(OC)c2)c1. The van der Waals surface area contributed by atoms with Gasteiger partial charge in [-0.1, -0.05) is 12.1 Å².